The highest BCUT2D eigenvalue weighted by atomic mass is 31.2. The minimum absolute atomic E-state index is 0.0898. The Morgan fingerprint density at radius 2 is 2.00 bits per heavy atom. The summed E-state index contributed by atoms with van der Waals surface area (Å²) in [4.78, 5) is 3.58. The molecular formula is C19H22FN4O5P. The van der Waals surface area contributed by atoms with Crippen molar-refractivity contribution >= 4 is 13.4 Å². The molecule has 3 aliphatic rings. The van der Waals surface area contributed by atoms with Crippen molar-refractivity contribution < 1.29 is 28.0 Å². The number of hydrogen-bond donors (Lipinski definition) is 1. The van der Waals surface area contributed by atoms with Gasteiger partial charge in [-0.25, -0.2) is 14.3 Å². The summed E-state index contributed by atoms with van der Waals surface area (Å²) in [6, 6.07) is 6.18. The normalized spacial score (nSPS) is 22.2. The van der Waals surface area contributed by atoms with Gasteiger partial charge in [-0.15, -0.1) is 0 Å². The highest BCUT2D eigenvalue weighted by Gasteiger charge is 2.51. The van der Waals surface area contributed by atoms with Crippen molar-refractivity contribution in [3.8, 4) is 17.2 Å². The van der Waals surface area contributed by atoms with Crippen molar-refractivity contribution in [2.75, 3.05) is 39.8 Å². The fourth-order valence-electron chi connectivity index (χ4n) is 3.49. The van der Waals surface area contributed by atoms with Gasteiger partial charge in [0.2, 0.25) is 0 Å². The molecule has 160 valence electrons. The SMILES string of the molecule is C[NH+]([O-])c1cc2c(cc1Oc1cccnc1F)C(OP(=O)(N1CC1)N1CC1)CCO2. The van der Waals surface area contributed by atoms with Gasteiger partial charge in [0, 0.05) is 50.4 Å². The van der Waals surface area contributed by atoms with Crippen LogP contribution in [0.3, 0.4) is 0 Å². The zero-order chi connectivity index (χ0) is 20.9. The molecular weight excluding hydrogens is 414 g/mol. The van der Waals surface area contributed by atoms with E-state index in [0.717, 1.165) is 26.2 Å². The zero-order valence-corrected chi connectivity index (χ0v) is 17.3. The number of nitrogens with one attached hydrogen (secondary N) is 1. The third kappa shape index (κ3) is 3.71. The monoisotopic (exact) mass is 436 g/mol. The van der Waals surface area contributed by atoms with Gasteiger partial charge in [-0.2, -0.15) is 4.39 Å². The first kappa shape index (κ1) is 19.9. The fourth-order valence-corrected chi connectivity index (χ4v) is 5.86. The molecule has 1 N–H and O–H groups in total. The quantitative estimate of drug-likeness (QED) is 0.306. The molecule has 0 bridgehead atoms. The maximum absolute atomic E-state index is 14.0. The van der Waals surface area contributed by atoms with E-state index in [1.54, 1.807) is 18.2 Å². The van der Waals surface area contributed by atoms with Crippen LogP contribution in [0.2, 0.25) is 0 Å². The standard InChI is InChI=1S/C19H22FN4O5P/c1-22(25)14-12-17-13(11-18(14)28-16-3-2-5-21-19(16)20)15(4-10-27-17)29-30(26,23-6-7-23)24-8-9-24/h2-3,5,11-12,15,22H,4,6-10H2,1H3. The molecule has 30 heavy (non-hydrogen) atoms. The van der Waals surface area contributed by atoms with Crippen LogP contribution in [-0.2, 0) is 9.09 Å². The van der Waals surface area contributed by atoms with Gasteiger partial charge in [0.1, 0.15) is 5.75 Å². The Kier molecular flexibility index (Phi) is 5.01. The zero-order valence-electron chi connectivity index (χ0n) is 16.4. The number of fused-ring (bicyclic) bond motifs is 1. The summed E-state index contributed by atoms with van der Waals surface area (Å²) in [6.45, 7) is 3.39. The molecule has 11 heteroatoms. The summed E-state index contributed by atoms with van der Waals surface area (Å²) >= 11 is 0. The first-order chi connectivity index (χ1) is 14.5. The number of benzene rings is 1. The summed E-state index contributed by atoms with van der Waals surface area (Å²) in [6.07, 6.45) is 1.35. The molecule has 5 rings (SSSR count). The van der Waals surface area contributed by atoms with Gasteiger partial charge >= 0.3 is 7.67 Å². The minimum atomic E-state index is -3.05. The second-order valence-corrected chi connectivity index (χ2v) is 9.79. The lowest BCUT2D eigenvalue weighted by molar-refractivity contribution is -0.751. The molecule has 2 aromatic rings. The second-order valence-electron chi connectivity index (χ2n) is 7.47. The molecule has 0 radical (unpaired) electrons. The molecule has 1 aromatic carbocycles. The predicted octanol–water partition coefficient (Wildman–Crippen LogP) is 2.24. The van der Waals surface area contributed by atoms with E-state index >= 15 is 0 Å². The van der Waals surface area contributed by atoms with Crippen molar-refractivity contribution in [3.63, 3.8) is 0 Å². The van der Waals surface area contributed by atoms with Gasteiger partial charge in [0.05, 0.1) is 19.8 Å². The number of ether oxygens (including phenoxy) is 2. The lowest BCUT2D eigenvalue weighted by atomic mass is 10.0. The molecule has 1 aromatic heterocycles. The first-order valence-corrected chi connectivity index (χ1v) is 11.4. The summed E-state index contributed by atoms with van der Waals surface area (Å²) in [7, 11) is -1.65. The molecule has 4 heterocycles. The largest absolute Gasteiger partial charge is 0.629 e. The highest BCUT2D eigenvalue weighted by Crippen LogP contribution is 2.64. The van der Waals surface area contributed by atoms with Crippen LogP contribution in [0.25, 0.3) is 0 Å². The average molecular weight is 436 g/mol. The Balaban J connectivity index is 1.51. The molecule has 3 aliphatic heterocycles. The van der Waals surface area contributed by atoms with E-state index in [-0.39, 0.29) is 22.2 Å². The lowest BCUT2D eigenvalue weighted by Gasteiger charge is -2.31. The molecule has 2 fully saturated rings. The van der Waals surface area contributed by atoms with Gasteiger partial charge in [-0.05, 0) is 18.2 Å². The van der Waals surface area contributed by atoms with E-state index < -0.39 is 19.7 Å². The summed E-state index contributed by atoms with van der Waals surface area (Å²) in [5, 5.41) is 12.0. The molecule has 2 atom stereocenters. The van der Waals surface area contributed by atoms with Crippen LogP contribution < -0.4 is 14.5 Å². The van der Waals surface area contributed by atoms with E-state index in [4.69, 9.17) is 14.0 Å². The van der Waals surface area contributed by atoms with Crippen LogP contribution >= 0.6 is 7.67 Å². The van der Waals surface area contributed by atoms with Crippen LogP contribution in [0.1, 0.15) is 18.1 Å². The average Bonchev–Trinajstić information content (AvgIpc) is 3.62. The summed E-state index contributed by atoms with van der Waals surface area (Å²) < 4.78 is 48.8. The smallest absolute Gasteiger partial charge is 0.346 e. The maximum atomic E-state index is 14.0. The van der Waals surface area contributed by atoms with Crippen molar-refractivity contribution in [3.05, 3.63) is 47.2 Å². The third-order valence-corrected chi connectivity index (χ3v) is 8.01. The lowest BCUT2D eigenvalue weighted by Crippen LogP contribution is -2.98. The minimum Gasteiger partial charge on any atom is -0.629 e. The molecule has 2 saturated heterocycles. The van der Waals surface area contributed by atoms with E-state index in [1.807, 2.05) is 9.34 Å². The van der Waals surface area contributed by atoms with Crippen molar-refractivity contribution in [1.29, 1.82) is 0 Å². The molecule has 0 aliphatic carbocycles. The van der Waals surface area contributed by atoms with Crippen LogP contribution in [0.4, 0.5) is 10.1 Å². The molecule has 0 saturated carbocycles. The second kappa shape index (κ2) is 7.56. The number of rotatable bonds is 7. The summed E-state index contributed by atoms with van der Waals surface area (Å²) in [5.41, 5.74) is 0.896. The Morgan fingerprint density at radius 1 is 1.27 bits per heavy atom. The van der Waals surface area contributed by atoms with Gasteiger partial charge in [0.25, 0.3) is 5.95 Å². The van der Waals surface area contributed by atoms with Crippen molar-refractivity contribution in [2.45, 2.75) is 12.5 Å². The van der Waals surface area contributed by atoms with Gasteiger partial charge in [-0.1, -0.05) is 0 Å². The number of pyridine rings is 1. The number of hydrogen-bond acceptors (Lipinski definition) is 6. The summed E-state index contributed by atoms with van der Waals surface area (Å²) in [5.74, 6) is -0.200. The molecule has 0 amide bonds. The molecule has 0 spiro atoms. The topological polar surface area (TPSA) is 91.2 Å². The number of nitrogens with zero attached hydrogens (tertiary/aromatic N) is 3. The fraction of sp³-hybridized carbons (Fsp3) is 0.421. The Labute approximate surface area is 173 Å². The number of aromatic nitrogens is 1. The van der Waals surface area contributed by atoms with Crippen LogP contribution in [0.15, 0.2) is 30.5 Å². The molecule has 9 nitrogen and oxygen atoms in total. The van der Waals surface area contributed by atoms with Crippen molar-refractivity contribution in [1.82, 2.24) is 14.3 Å². The van der Waals surface area contributed by atoms with E-state index in [9.17, 15) is 14.2 Å². The number of halogens is 1. The molecule has 2 unspecified atom stereocenters. The Hall–Kier alpha value is -2.07. The number of quaternary nitrogens is 1. The van der Waals surface area contributed by atoms with E-state index in [1.165, 1.54) is 19.3 Å². The van der Waals surface area contributed by atoms with E-state index in [0.29, 0.717) is 24.3 Å². The van der Waals surface area contributed by atoms with Crippen LogP contribution in [0.5, 0.6) is 17.2 Å². The Morgan fingerprint density at radius 3 is 2.63 bits per heavy atom. The van der Waals surface area contributed by atoms with Gasteiger partial charge in [-0.3, -0.25) is 9.09 Å². The van der Waals surface area contributed by atoms with E-state index in [2.05, 4.69) is 4.98 Å². The Bertz CT molecular complexity index is 998. The van der Waals surface area contributed by atoms with Gasteiger partial charge < -0.3 is 19.7 Å². The van der Waals surface area contributed by atoms with Crippen LogP contribution in [-0.4, -0.2) is 54.2 Å². The predicted molar refractivity (Wildman–Crippen MR) is 105 cm³/mol. The third-order valence-electron chi connectivity index (χ3n) is 5.25. The van der Waals surface area contributed by atoms with Gasteiger partial charge in [0.15, 0.2) is 17.2 Å². The number of hydroxylamine groups is 1. The first-order valence-electron chi connectivity index (χ1n) is 9.85. The van der Waals surface area contributed by atoms with Crippen LogP contribution in [0, 0.1) is 11.2 Å². The maximum Gasteiger partial charge on any atom is 0.346 e. The van der Waals surface area contributed by atoms with Crippen molar-refractivity contribution in [2.24, 2.45) is 0 Å². The highest BCUT2D eigenvalue weighted by molar-refractivity contribution is 7.54.